The van der Waals surface area contributed by atoms with E-state index >= 15 is 0 Å². The Morgan fingerprint density at radius 3 is 2.94 bits per heavy atom. The van der Waals surface area contributed by atoms with Crippen molar-refractivity contribution in [1.82, 2.24) is 0 Å². The molecule has 1 heterocycles. The number of hydrogen-bond acceptors (Lipinski definition) is 4. The van der Waals surface area contributed by atoms with Crippen LogP contribution >= 0.6 is 0 Å². The minimum absolute atomic E-state index is 0.239. The molecule has 17 heavy (non-hydrogen) atoms. The highest BCUT2D eigenvalue weighted by Crippen LogP contribution is 2.29. The Labute approximate surface area is 99.3 Å². The second kappa shape index (κ2) is 4.49. The predicted molar refractivity (Wildman–Crippen MR) is 63.8 cm³/mol. The molecular weight excluding hydrogens is 218 g/mol. The van der Waals surface area contributed by atoms with Crippen molar-refractivity contribution >= 4 is 23.7 Å². The summed E-state index contributed by atoms with van der Waals surface area (Å²) in [6, 6.07) is 5.36. The Kier molecular flexibility index (Phi) is 3.04. The summed E-state index contributed by atoms with van der Waals surface area (Å²) < 4.78 is 4.85. The van der Waals surface area contributed by atoms with Gasteiger partial charge >= 0.3 is 5.97 Å². The van der Waals surface area contributed by atoms with Gasteiger partial charge < -0.3 is 4.74 Å². The zero-order valence-electron chi connectivity index (χ0n) is 9.77. The van der Waals surface area contributed by atoms with Crippen LogP contribution in [0.25, 0.3) is 0 Å². The van der Waals surface area contributed by atoms with Gasteiger partial charge in [0.2, 0.25) is 0 Å². The molecule has 1 aromatic rings. The molecule has 88 valence electrons. The zero-order valence-corrected chi connectivity index (χ0v) is 9.77. The van der Waals surface area contributed by atoms with Crippen LogP contribution in [0, 0.1) is 12.8 Å². The third kappa shape index (κ3) is 1.98. The molecule has 0 aromatic heterocycles. The Hall–Kier alpha value is -1.97. The normalized spacial score (nSPS) is 17.8. The van der Waals surface area contributed by atoms with Crippen LogP contribution in [-0.2, 0) is 9.53 Å². The maximum atomic E-state index is 12.1. The Morgan fingerprint density at radius 1 is 1.47 bits per heavy atom. The lowest BCUT2D eigenvalue weighted by molar-refractivity contribution is -0.143. The number of carbonyl (C=O) groups is 2. The van der Waals surface area contributed by atoms with E-state index in [-0.39, 0.29) is 12.4 Å². The van der Waals surface area contributed by atoms with Gasteiger partial charge in [-0.1, -0.05) is 12.1 Å². The van der Waals surface area contributed by atoms with Crippen LogP contribution in [0.15, 0.2) is 23.2 Å². The number of hydrogen-bond donors (Lipinski definition) is 0. The van der Waals surface area contributed by atoms with Gasteiger partial charge in [0, 0.05) is 11.8 Å². The van der Waals surface area contributed by atoms with E-state index in [1.807, 2.05) is 13.0 Å². The second-order valence-electron chi connectivity index (χ2n) is 3.84. The van der Waals surface area contributed by atoms with E-state index in [0.29, 0.717) is 11.3 Å². The van der Waals surface area contributed by atoms with Crippen molar-refractivity contribution in [2.24, 2.45) is 10.9 Å². The standard InChI is InChI=1S/C13H13NO3/c1-3-17-13(16)10-7-14-11-8(2)5-4-6-9(11)12(10)15/h4-7,10H,3H2,1-2H3. The maximum Gasteiger partial charge on any atom is 0.322 e. The lowest BCUT2D eigenvalue weighted by Gasteiger charge is -2.17. The van der Waals surface area contributed by atoms with E-state index in [9.17, 15) is 9.59 Å². The van der Waals surface area contributed by atoms with Gasteiger partial charge in [-0.25, -0.2) is 0 Å². The fraction of sp³-hybridized carbons (Fsp3) is 0.308. The van der Waals surface area contributed by atoms with Crippen LogP contribution in [0.3, 0.4) is 0 Å². The number of ether oxygens (including phenoxy) is 1. The molecule has 0 saturated carbocycles. The van der Waals surface area contributed by atoms with Gasteiger partial charge in [0.15, 0.2) is 11.7 Å². The molecule has 0 saturated heterocycles. The fourth-order valence-electron chi connectivity index (χ4n) is 1.81. The Balaban J connectivity index is 2.37. The van der Waals surface area contributed by atoms with Gasteiger partial charge in [-0.3, -0.25) is 14.6 Å². The van der Waals surface area contributed by atoms with Crippen LogP contribution in [0.5, 0.6) is 0 Å². The number of esters is 1. The average Bonchev–Trinajstić information content (AvgIpc) is 2.31. The number of aliphatic imine (C=N–C) groups is 1. The number of para-hydroxylation sites is 1. The van der Waals surface area contributed by atoms with Crippen LogP contribution < -0.4 is 0 Å². The van der Waals surface area contributed by atoms with Gasteiger partial charge in [0.05, 0.1) is 12.3 Å². The lowest BCUT2D eigenvalue weighted by Crippen LogP contribution is -2.29. The van der Waals surface area contributed by atoms with Crippen molar-refractivity contribution in [3.05, 3.63) is 29.3 Å². The van der Waals surface area contributed by atoms with Gasteiger partial charge in [-0.05, 0) is 25.5 Å². The van der Waals surface area contributed by atoms with Gasteiger partial charge in [0.25, 0.3) is 0 Å². The second-order valence-corrected chi connectivity index (χ2v) is 3.84. The maximum absolute atomic E-state index is 12.1. The number of nitrogens with zero attached hydrogens (tertiary/aromatic N) is 1. The molecule has 4 heteroatoms. The number of aryl methyl sites for hydroxylation is 1. The lowest BCUT2D eigenvalue weighted by atomic mass is 9.93. The molecule has 0 N–H and O–H groups in total. The molecule has 1 aromatic carbocycles. The third-order valence-corrected chi connectivity index (χ3v) is 2.68. The number of ketones is 1. The summed E-state index contributed by atoms with van der Waals surface area (Å²) in [5, 5.41) is 0. The highest BCUT2D eigenvalue weighted by Gasteiger charge is 2.32. The molecule has 0 aliphatic carbocycles. The number of rotatable bonds is 2. The zero-order chi connectivity index (χ0) is 12.4. The van der Waals surface area contributed by atoms with Crippen molar-refractivity contribution in [3.63, 3.8) is 0 Å². The molecule has 0 fully saturated rings. The fourth-order valence-corrected chi connectivity index (χ4v) is 1.81. The summed E-state index contributed by atoms with van der Waals surface area (Å²) in [6.45, 7) is 3.85. The molecule has 1 aliphatic rings. The summed E-state index contributed by atoms with van der Waals surface area (Å²) in [4.78, 5) is 27.8. The van der Waals surface area contributed by atoms with Crippen molar-refractivity contribution in [2.75, 3.05) is 6.61 Å². The topological polar surface area (TPSA) is 55.7 Å². The minimum atomic E-state index is -0.899. The first kappa shape index (κ1) is 11.5. The third-order valence-electron chi connectivity index (χ3n) is 2.68. The number of fused-ring (bicyclic) bond motifs is 1. The van der Waals surface area contributed by atoms with Gasteiger partial charge in [0.1, 0.15) is 0 Å². The molecule has 1 aliphatic heterocycles. The molecule has 1 atom stereocenters. The van der Waals surface area contributed by atoms with Crippen LogP contribution in [0.4, 0.5) is 5.69 Å². The first-order chi connectivity index (χ1) is 8.15. The number of Topliss-reactive ketones (excluding diaryl/α,β-unsaturated/α-hetero) is 1. The van der Waals surface area contributed by atoms with Gasteiger partial charge in [-0.15, -0.1) is 0 Å². The molecule has 1 unspecified atom stereocenters. The monoisotopic (exact) mass is 231 g/mol. The smallest absolute Gasteiger partial charge is 0.322 e. The van der Waals surface area contributed by atoms with E-state index in [1.54, 1.807) is 19.1 Å². The molecule has 0 radical (unpaired) electrons. The number of carbonyl (C=O) groups excluding carboxylic acids is 2. The SMILES string of the molecule is CCOC(=O)C1C=Nc2c(C)cccc2C1=O. The van der Waals surface area contributed by atoms with Crippen LogP contribution in [-0.4, -0.2) is 24.6 Å². The quantitative estimate of drug-likeness (QED) is 0.578. The Bertz CT molecular complexity index is 505. The molecule has 4 nitrogen and oxygen atoms in total. The van der Waals surface area contributed by atoms with Gasteiger partial charge in [-0.2, -0.15) is 0 Å². The van der Waals surface area contributed by atoms with E-state index in [1.165, 1.54) is 6.21 Å². The molecule has 0 amide bonds. The first-order valence-corrected chi connectivity index (χ1v) is 5.49. The van der Waals surface area contributed by atoms with Crippen LogP contribution in [0.2, 0.25) is 0 Å². The molecule has 2 rings (SSSR count). The van der Waals surface area contributed by atoms with E-state index < -0.39 is 11.9 Å². The van der Waals surface area contributed by atoms with Crippen molar-refractivity contribution in [2.45, 2.75) is 13.8 Å². The van der Waals surface area contributed by atoms with E-state index in [4.69, 9.17) is 4.74 Å². The summed E-state index contributed by atoms with van der Waals surface area (Å²) in [7, 11) is 0. The van der Waals surface area contributed by atoms with Crippen molar-refractivity contribution < 1.29 is 14.3 Å². The van der Waals surface area contributed by atoms with Crippen molar-refractivity contribution in [3.8, 4) is 0 Å². The van der Waals surface area contributed by atoms with Crippen molar-refractivity contribution in [1.29, 1.82) is 0 Å². The highest BCUT2D eigenvalue weighted by atomic mass is 16.5. The largest absolute Gasteiger partial charge is 0.465 e. The predicted octanol–water partition coefficient (Wildman–Crippen LogP) is 2.07. The highest BCUT2D eigenvalue weighted by molar-refractivity contribution is 6.22. The molecular formula is C13H13NO3. The molecule has 0 bridgehead atoms. The first-order valence-electron chi connectivity index (χ1n) is 5.49. The average molecular weight is 231 g/mol. The summed E-state index contributed by atoms with van der Waals surface area (Å²) >= 11 is 0. The minimum Gasteiger partial charge on any atom is -0.465 e. The molecule has 0 spiro atoms. The van der Waals surface area contributed by atoms with E-state index in [2.05, 4.69) is 4.99 Å². The Morgan fingerprint density at radius 2 is 2.24 bits per heavy atom. The van der Waals surface area contributed by atoms with E-state index in [0.717, 1.165) is 5.56 Å². The van der Waals surface area contributed by atoms with Crippen LogP contribution in [0.1, 0.15) is 22.8 Å². The summed E-state index contributed by atoms with van der Waals surface area (Å²) in [6.07, 6.45) is 1.37. The summed E-state index contributed by atoms with van der Waals surface area (Å²) in [5.41, 5.74) is 2.07. The summed E-state index contributed by atoms with van der Waals surface area (Å²) in [5.74, 6) is -1.67. The number of benzene rings is 1.